The van der Waals surface area contributed by atoms with Gasteiger partial charge in [-0.3, -0.25) is 10.9 Å². The van der Waals surface area contributed by atoms with Gasteiger partial charge in [0.1, 0.15) is 0 Å². The number of methoxy groups -OCH3 is 1. The van der Waals surface area contributed by atoms with E-state index < -0.39 is 0 Å². The average Bonchev–Trinajstić information content (AvgIpc) is 2.35. The third kappa shape index (κ3) is 15.8. The molecule has 6 heteroatoms. The van der Waals surface area contributed by atoms with Crippen LogP contribution in [0.15, 0.2) is 0 Å². The monoisotopic (exact) mass is 250 g/mol. The Morgan fingerprint density at radius 3 is 1.76 bits per heavy atom. The zero-order valence-corrected chi connectivity index (χ0v) is 11.0. The molecule has 104 valence electrons. The van der Waals surface area contributed by atoms with Crippen molar-refractivity contribution in [2.75, 3.05) is 66.4 Å². The maximum atomic E-state index is 5.34. The first-order chi connectivity index (χ1) is 8.41. The average molecular weight is 250 g/mol. The molecule has 0 amide bonds. The first kappa shape index (κ1) is 16.8. The lowest BCUT2D eigenvalue weighted by Crippen LogP contribution is -2.34. The topological polar surface area (TPSA) is 61.0 Å². The number of hydrogen-bond donors (Lipinski definition) is 2. The Balaban J connectivity index is 2.85. The van der Waals surface area contributed by atoms with E-state index in [1.54, 1.807) is 7.11 Å². The molecule has 0 unspecified atom stereocenters. The molecule has 6 nitrogen and oxygen atoms in total. The zero-order chi connectivity index (χ0) is 12.6. The van der Waals surface area contributed by atoms with Crippen LogP contribution in [0, 0.1) is 0 Å². The van der Waals surface area contributed by atoms with Gasteiger partial charge in [-0.2, -0.15) is 0 Å². The molecule has 0 spiro atoms. The highest BCUT2D eigenvalue weighted by atomic mass is 16.6. The number of hydrazine groups is 1. The Bertz CT molecular complexity index is 125. The Labute approximate surface area is 104 Å². The van der Waals surface area contributed by atoms with Crippen LogP contribution in [0.25, 0.3) is 0 Å². The summed E-state index contributed by atoms with van der Waals surface area (Å²) < 4.78 is 20.7. The fraction of sp³-hybridized carbons (Fsp3) is 1.00. The predicted octanol–water partition coefficient (Wildman–Crippen LogP) is -0.203. The molecule has 0 radical (unpaired) electrons. The molecule has 0 aromatic carbocycles. The van der Waals surface area contributed by atoms with Gasteiger partial charge in [-0.25, -0.2) is 0 Å². The minimum absolute atomic E-state index is 0.600. The Hall–Kier alpha value is -0.240. The van der Waals surface area contributed by atoms with Crippen molar-refractivity contribution in [3.63, 3.8) is 0 Å². The van der Waals surface area contributed by atoms with E-state index in [0.717, 1.165) is 13.1 Å². The third-order valence-electron chi connectivity index (χ3n) is 1.85. The van der Waals surface area contributed by atoms with Gasteiger partial charge in [0.2, 0.25) is 0 Å². The highest BCUT2D eigenvalue weighted by Crippen LogP contribution is 1.81. The van der Waals surface area contributed by atoms with Crippen molar-refractivity contribution < 1.29 is 18.9 Å². The van der Waals surface area contributed by atoms with Crippen LogP contribution in [0.5, 0.6) is 0 Å². The molecule has 0 fully saturated rings. The van der Waals surface area contributed by atoms with Crippen LogP contribution in [-0.2, 0) is 18.9 Å². The predicted molar refractivity (Wildman–Crippen MR) is 66.0 cm³/mol. The minimum atomic E-state index is 0.600. The van der Waals surface area contributed by atoms with Gasteiger partial charge in [0.25, 0.3) is 0 Å². The first-order valence-corrected chi connectivity index (χ1v) is 6.09. The fourth-order valence-corrected chi connectivity index (χ4v) is 1.02. The molecule has 0 saturated carbocycles. The number of ether oxygens (including phenoxy) is 4. The smallest absolute Gasteiger partial charge is 0.0701 e. The summed E-state index contributed by atoms with van der Waals surface area (Å²) >= 11 is 0. The quantitative estimate of drug-likeness (QED) is 0.329. The molecule has 17 heavy (non-hydrogen) atoms. The van der Waals surface area contributed by atoms with E-state index in [2.05, 4.69) is 10.9 Å². The molecule has 0 atom stereocenters. The van der Waals surface area contributed by atoms with Crippen molar-refractivity contribution in [1.29, 1.82) is 0 Å². The number of rotatable bonds is 14. The van der Waals surface area contributed by atoms with Crippen LogP contribution >= 0.6 is 0 Å². The van der Waals surface area contributed by atoms with E-state index in [9.17, 15) is 0 Å². The Morgan fingerprint density at radius 1 is 0.706 bits per heavy atom. The Kier molecular flexibility index (Phi) is 15.5. The summed E-state index contributed by atoms with van der Waals surface area (Å²) in [5.74, 6) is 0. The molecule has 0 saturated heterocycles. The molecular weight excluding hydrogens is 224 g/mol. The van der Waals surface area contributed by atoms with Crippen molar-refractivity contribution in [2.45, 2.75) is 6.92 Å². The second kappa shape index (κ2) is 15.8. The van der Waals surface area contributed by atoms with E-state index in [4.69, 9.17) is 18.9 Å². The van der Waals surface area contributed by atoms with Crippen LogP contribution in [0.1, 0.15) is 6.92 Å². The summed E-state index contributed by atoms with van der Waals surface area (Å²) in [7, 11) is 1.65. The van der Waals surface area contributed by atoms with Crippen molar-refractivity contribution in [3.05, 3.63) is 0 Å². The molecule has 0 aliphatic heterocycles. The van der Waals surface area contributed by atoms with Gasteiger partial charge in [-0.05, 0) is 0 Å². The fourth-order valence-electron chi connectivity index (χ4n) is 1.02. The van der Waals surface area contributed by atoms with Crippen LogP contribution in [0.3, 0.4) is 0 Å². The second-order valence-electron chi connectivity index (χ2n) is 3.29. The van der Waals surface area contributed by atoms with Crippen molar-refractivity contribution >= 4 is 0 Å². The van der Waals surface area contributed by atoms with Crippen LogP contribution in [0.4, 0.5) is 0 Å². The lowest BCUT2D eigenvalue weighted by atomic mass is 10.7. The molecule has 0 aromatic rings. The Morgan fingerprint density at radius 2 is 1.24 bits per heavy atom. The maximum Gasteiger partial charge on any atom is 0.0701 e. The largest absolute Gasteiger partial charge is 0.382 e. The highest BCUT2D eigenvalue weighted by molar-refractivity contribution is 4.38. The van der Waals surface area contributed by atoms with Crippen molar-refractivity contribution in [3.8, 4) is 0 Å². The van der Waals surface area contributed by atoms with E-state index >= 15 is 0 Å². The van der Waals surface area contributed by atoms with Crippen molar-refractivity contribution in [2.24, 2.45) is 0 Å². The van der Waals surface area contributed by atoms with Crippen molar-refractivity contribution in [1.82, 2.24) is 10.9 Å². The van der Waals surface area contributed by atoms with Crippen LogP contribution in [-0.4, -0.2) is 66.4 Å². The molecule has 2 N–H and O–H groups in total. The standard InChI is InChI=1S/C11H26N2O4/c1-3-12-13-4-5-15-8-9-17-11-10-16-7-6-14-2/h12-13H,3-11H2,1-2H3. The van der Waals surface area contributed by atoms with Crippen LogP contribution in [0.2, 0.25) is 0 Å². The zero-order valence-electron chi connectivity index (χ0n) is 11.0. The highest BCUT2D eigenvalue weighted by Gasteiger charge is 1.91. The van der Waals surface area contributed by atoms with Crippen LogP contribution < -0.4 is 10.9 Å². The molecule has 0 rings (SSSR count). The van der Waals surface area contributed by atoms with Gasteiger partial charge in [0.15, 0.2) is 0 Å². The van der Waals surface area contributed by atoms with E-state index in [0.29, 0.717) is 46.2 Å². The lowest BCUT2D eigenvalue weighted by molar-refractivity contribution is 0.00389. The summed E-state index contributed by atoms with van der Waals surface area (Å²) in [4.78, 5) is 0. The lowest BCUT2D eigenvalue weighted by Gasteiger charge is -2.07. The molecule has 0 aromatic heterocycles. The van der Waals surface area contributed by atoms with Gasteiger partial charge >= 0.3 is 0 Å². The molecule has 0 aliphatic rings. The van der Waals surface area contributed by atoms with Gasteiger partial charge < -0.3 is 18.9 Å². The molecule has 0 aliphatic carbocycles. The second-order valence-corrected chi connectivity index (χ2v) is 3.29. The van der Waals surface area contributed by atoms with Gasteiger partial charge in [0.05, 0.1) is 46.2 Å². The third-order valence-corrected chi connectivity index (χ3v) is 1.85. The summed E-state index contributed by atoms with van der Waals surface area (Å²) in [5.41, 5.74) is 6.01. The van der Waals surface area contributed by atoms with Gasteiger partial charge in [0, 0.05) is 20.2 Å². The van der Waals surface area contributed by atoms with Gasteiger partial charge in [-0.15, -0.1) is 0 Å². The summed E-state index contributed by atoms with van der Waals surface area (Å²) in [5, 5.41) is 0. The minimum Gasteiger partial charge on any atom is -0.382 e. The summed E-state index contributed by atoms with van der Waals surface area (Å²) in [6.07, 6.45) is 0. The van der Waals surface area contributed by atoms with E-state index in [1.165, 1.54) is 0 Å². The number of nitrogens with one attached hydrogen (secondary N) is 2. The SMILES string of the molecule is CCNNCCOCCOCCOCCOC. The molecule has 0 bridgehead atoms. The summed E-state index contributed by atoms with van der Waals surface area (Å²) in [6, 6.07) is 0. The van der Waals surface area contributed by atoms with E-state index in [-0.39, 0.29) is 0 Å². The first-order valence-electron chi connectivity index (χ1n) is 6.09. The summed E-state index contributed by atoms with van der Waals surface area (Å²) in [6.45, 7) is 8.10. The molecule has 0 heterocycles. The molecular formula is C11H26N2O4. The van der Waals surface area contributed by atoms with Gasteiger partial charge in [-0.1, -0.05) is 6.92 Å². The normalized spacial score (nSPS) is 10.9. The number of hydrogen-bond acceptors (Lipinski definition) is 6. The maximum absolute atomic E-state index is 5.34. The van der Waals surface area contributed by atoms with E-state index in [1.807, 2.05) is 6.92 Å².